The van der Waals surface area contributed by atoms with E-state index in [2.05, 4.69) is 60.4 Å². The number of hydroxylamine groups is 2. The fourth-order valence-corrected chi connectivity index (χ4v) is 5.40. The van der Waals surface area contributed by atoms with Crippen molar-refractivity contribution >= 4 is 14.2 Å². The minimum atomic E-state index is -2.20. The van der Waals surface area contributed by atoms with Gasteiger partial charge in [0, 0.05) is 18.9 Å². The number of benzene rings is 1. The standard InChI is InChI=1S/C29H49NO5Si/c1-13-14-15-21(2)26(34-20-24-16-18-25(32-9)19-17-24)22(3)27(23(4)28(31)30(8)33-10)35-36(11,12)29(5,6)7/h13-19,21-23,26-27H,1,20H2,2-12H3/b15-14-. The van der Waals surface area contributed by atoms with Gasteiger partial charge in [0.15, 0.2) is 8.32 Å². The van der Waals surface area contributed by atoms with Crippen molar-refractivity contribution < 1.29 is 23.5 Å². The lowest BCUT2D eigenvalue weighted by atomic mass is 9.83. The van der Waals surface area contributed by atoms with Gasteiger partial charge in [0.05, 0.1) is 39.0 Å². The Morgan fingerprint density at radius 1 is 1.08 bits per heavy atom. The SMILES string of the molecule is C=C/C=C\C(C)C(OCc1ccc(OC)cc1)C(C)C(O[Si](C)(C)C(C)(C)C)C(C)C(=O)N(C)OC. The van der Waals surface area contributed by atoms with E-state index in [1.165, 1.54) is 12.2 Å². The number of rotatable bonds is 14. The molecule has 5 unspecified atom stereocenters. The van der Waals surface area contributed by atoms with Crippen LogP contribution in [0.1, 0.15) is 47.1 Å². The Balaban J connectivity index is 3.38. The van der Waals surface area contributed by atoms with Gasteiger partial charge in [-0.15, -0.1) is 0 Å². The third kappa shape index (κ3) is 8.87. The number of hydrogen-bond acceptors (Lipinski definition) is 5. The molecule has 7 heteroatoms. The Morgan fingerprint density at radius 3 is 2.14 bits per heavy atom. The second kappa shape index (κ2) is 14.1. The van der Waals surface area contributed by atoms with Crippen LogP contribution in [-0.2, 0) is 25.4 Å². The summed E-state index contributed by atoms with van der Waals surface area (Å²) < 4.78 is 18.8. The van der Waals surface area contributed by atoms with E-state index in [0.717, 1.165) is 11.3 Å². The number of allylic oxidation sites excluding steroid dienone is 2. The molecule has 1 aromatic carbocycles. The quantitative estimate of drug-likeness (QED) is 0.157. The van der Waals surface area contributed by atoms with Crippen molar-refractivity contribution in [1.29, 1.82) is 0 Å². The summed E-state index contributed by atoms with van der Waals surface area (Å²) in [6.07, 6.45) is 5.26. The molecule has 0 fully saturated rings. The van der Waals surface area contributed by atoms with Gasteiger partial charge in [-0.2, -0.15) is 0 Å². The Hall–Kier alpha value is -1.93. The smallest absolute Gasteiger partial charge is 0.251 e. The molecule has 0 saturated carbocycles. The number of hydrogen-bond donors (Lipinski definition) is 0. The average Bonchev–Trinajstić information content (AvgIpc) is 2.84. The molecule has 204 valence electrons. The van der Waals surface area contributed by atoms with Crippen molar-refractivity contribution in [3.63, 3.8) is 0 Å². The van der Waals surface area contributed by atoms with Crippen molar-refractivity contribution in [2.75, 3.05) is 21.3 Å². The number of nitrogens with zero attached hydrogens (tertiary/aromatic N) is 1. The van der Waals surface area contributed by atoms with Crippen LogP contribution < -0.4 is 4.74 Å². The molecule has 0 aliphatic carbocycles. The zero-order valence-electron chi connectivity index (χ0n) is 24.3. The highest BCUT2D eigenvalue weighted by atomic mass is 28.4. The molecule has 1 aromatic rings. The number of carbonyl (C=O) groups excluding carboxylic acids is 1. The first-order valence-corrected chi connectivity index (χ1v) is 15.6. The van der Waals surface area contributed by atoms with Crippen LogP contribution in [0.4, 0.5) is 0 Å². The largest absolute Gasteiger partial charge is 0.497 e. The first-order chi connectivity index (χ1) is 16.7. The van der Waals surface area contributed by atoms with Gasteiger partial charge >= 0.3 is 0 Å². The highest BCUT2D eigenvalue weighted by Gasteiger charge is 2.45. The van der Waals surface area contributed by atoms with E-state index in [0.29, 0.717) is 6.61 Å². The normalized spacial score (nSPS) is 16.8. The molecule has 36 heavy (non-hydrogen) atoms. The maximum Gasteiger partial charge on any atom is 0.251 e. The molecule has 0 aromatic heterocycles. The van der Waals surface area contributed by atoms with Gasteiger partial charge < -0.3 is 13.9 Å². The van der Waals surface area contributed by atoms with Gasteiger partial charge in [0.2, 0.25) is 0 Å². The molecule has 0 bridgehead atoms. The molecule has 0 radical (unpaired) electrons. The second-order valence-electron chi connectivity index (χ2n) is 11.1. The fourth-order valence-electron chi connectivity index (χ4n) is 3.95. The van der Waals surface area contributed by atoms with Crippen molar-refractivity contribution in [1.82, 2.24) is 5.06 Å². The van der Waals surface area contributed by atoms with E-state index < -0.39 is 14.2 Å². The van der Waals surface area contributed by atoms with Crippen molar-refractivity contribution in [2.24, 2.45) is 17.8 Å². The van der Waals surface area contributed by atoms with Crippen molar-refractivity contribution in [3.8, 4) is 5.75 Å². The molecule has 1 rings (SSSR count). The third-order valence-corrected chi connectivity index (χ3v) is 11.9. The summed E-state index contributed by atoms with van der Waals surface area (Å²) in [4.78, 5) is 18.4. The number of methoxy groups -OCH3 is 1. The van der Waals surface area contributed by atoms with Crippen molar-refractivity contribution in [2.45, 2.75) is 78.5 Å². The van der Waals surface area contributed by atoms with Gasteiger partial charge in [-0.3, -0.25) is 9.63 Å². The van der Waals surface area contributed by atoms with Crippen molar-refractivity contribution in [3.05, 3.63) is 54.6 Å². The van der Waals surface area contributed by atoms with E-state index in [9.17, 15) is 4.79 Å². The number of carbonyl (C=O) groups is 1. The predicted octanol–water partition coefficient (Wildman–Crippen LogP) is 6.64. The number of ether oxygens (including phenoxy) is 2. The zero-order chi connectivity index (χ0) is 27.7. The summed E-state index contributed by atoms with van der Waals surface area (Å²) in [6.45, 7) is 21.5. The van der Waals surface area contributed by atoms with Gasteiger partial charge in [-0.1, -0.05) is 78.5 Å². The first kappa shape index (κ1) is 32.1. The van der Waals surface area contributed by atoms with Crippen LogP contribution in [0.25, 0.3) is 0 Å². The van der Waals surface area contributed by atoms with Crippen LogP contribution in [0.2, 0.25) is 18.1 Å². The van der Waals surface area contributed by atoms with Crippen LogP contribution in [0.5, 0.6) is 5.75 Å². The molecule has 6 nitrogen and oxygen atoms in total. The van der Waals surface area contributed by atoms with Crippen LogP contribution in [0.3, 0.4) is 0 Å². The summed E-state index contributed by atoms with van der Waals surface area (Å²) in [5.74, 6) is 0.275. The Bertz CT molecular complexity index is 846. The van der Waals surface area contributed by atoms with E-state index in [-0.39, 0.29) is 35.0 Å². The minimum Gasteiger partial charge on any atom is -0.497 e. The maximum atomic E-state index is 13.2. The fraction of sp³-hybridized carbons (Fsp3) is 0.621. The average molecular weight is 520 g/mol. The van der Waals surface area contributed by atoms with Crippen LogP contribution >= 0.6 is 0 Å². The van der Waals surface area contributed by atoms with Gasteiger partial charge in [-0.05, 0) is 35.8 Å². The zero-order valence-corrected chi connectivity index (χ0v) is 25.3. The van der Waals surface area contributed by atoms with Gasteiger partial charge in [0.25, 0.3) is 5.91 Å². The number of amides is 1. The molecule has 0 aliphatic rings. The van der Waals surface area contributed by atoms with Gasteiger partial charge in [-0.25, -0.2) is 5.06 Å². The predicted molar refractivity (Wildman–Crippen MR) is 150 cm³/mol. The van der Waals surface area contributed by atoms with E-state index in [4.69, 9.17) is 18.7 Å². The topological polar surface area (TPSA) is 57.2 Å². The summed E-state index contributed by atoms with van der Waals surface area (Å²) in [5.41, 5.74) is 1.05. The molecule has 0 spiro atoms. The Kier molecular flexibility index (Phi) is 12.6. The minimum absolute atomic E-state index is 0.00525. The molecule has 0 N–H and O–H groups in total. The summed E-state index contributed by atoms with van der Waals surface area (Å²) >= 11 is 0. The highest BCUT2D eigenvalue weighted by molar-refractivity contribution is 6.74. The van der Waals surface area contributed by atoms with Crippen LogP contribution in [-0.4, -0.2) is 52.8 Å². The molecule has 1 amide bonds. The first-order valence-electron chi connectivity index (χ1n) is 12.7. The Labute approximate surface area is 220 Å². The molecular formula is C29H49NO5Si. The molecular weight excluding hydrogens is 470 g/mol. The van der Waals surface area contributed by atoms with E-state index in [1.807, 2.05) is 37.3 Å². The molecule has 5 atom stereocenters. The summed E-state index contributed by atoms with van der Waals surface area (Å²) in [7, 11) is 2.59. The monoisotopic (exact) mass is 519 g/mol. The van der Waals surface area contributed by atoms with Gasteiger partial charge in [0.1, 0.15) is 5.75 Å². The van der Waals surface area contributed by atoms with Crippen LogP contribution in [0.15, 0.2) is 49.1 Å². The van der Waals surface area contributed by atoms with E-state index in [1.54, 1.807) is 20.2 Å². The maximum absolute atomic E-state index is 13.2. The molecule has 0 aliphatic heterocycles. The second-order valence-corrected chi connectivity index (χ2v) is 15.9. The lowest BCUT2D eigenvalue weighted by Crippen LogP contribution is -2.52. The molecule has 0 heterocycles. The third-order valence-electron chi connectivity index (χ3n) is 7.41. The van der Waals surface area contributed by atoms with E-state index >= 15 is 0 Å². The molecule has 0 saturated heterocycles. The summed E-state index contributed by atoms with van der Waals surface area (Å²) in [6, 6.07) is 7.88. The summed E-state index contributed by atoms with van der Waals surface area (Å²) in [5, 5.41) is 1.28. The Morgan fingerprint density at radius 2 is 1.67 bits per heavy atom. The lowest BCUT2D eigenvalue weighted by molar-refractivity contribution is -0.178. The lowest BCUT2D eigenvalue weighted by Gasteiger charge is -2.44. The highest BCUT2D eigenvalue weighted by Crippen LogP contribution is 2.40. The van der Waals surface area contributed by atoms with Crippen LogP contribution in [0, 0.1) is 17.8 Å².